The molecule has 5 heteroatoms. The van der Waals surface area contributed by atoms with Crippen molar-refractivity contribution in [3.63, 3.8) is 0 Å². The second-order valence-electron chi connectivity index (χ2n) is 4.84. The van der Waals surface area contributed by atoms with Gasteiger partial charge >= 0.3 is 5.97 Å². The summed E-state index contributed by atoms with van der Waals surface area (Å²) in [6, 6.07) is 12.7. The Morgan fingerprint density at radius 2 is 1.70 bits per heavy atom. The molecule has 0 aliphatic carbocycles. The molecule has 23 heavy (non-hydrogen) atoms. The van der Waals surface area contributed by atoms with Gasteiger partial charge in [0.2, 0.25) is 0 Å². The summed E-state index contributed by atoms with van der Waals surface area (Å²) in [7, 11) is 2.67. The minimum Gasteiger partial charge on any atom is -0.495 e. The Morgan fingerprint density at radius 1 is 1.00 bits per heavy atom. The average Bonchev–Trinajstić information content (AvgIpc) is 2.58. The second kappa shape index (κ2) is 7.45. The number of methoxy groups -OCH3 is 2. The van der Waals surface area contributed by atoms with Gasteiger partial charge in [-0.05, 0) is 24.6 Å². The van der Waals surface area contributed by atoms with Crippen molar-refractivity contribution in [2.24, 2.45) is 0 Å². The van der Waals surface area contributed by atoms with Gasteiger partial charge in [0.25, 0.3) is 0 Å². The first-order valence-electron chi connectivity index (χ1n) is 7.05. The van der Waals surface area contributed by atoms with Crippen LogP contribution in [0.1, 0.15) is 33.2 Å². The third kappa shape index (κ3) is 3.69. The number of hydrogen-bond donors (Lipinski definition) is 0. The Kier molecular flexibility index (Phi) is 5.36. The second-order valence-corrected chi connectivity index (χ2v) is 4.84. The summed E-state index contributed by atoms with van der Waals surface area (Å²) in [5, 5.41) is 0. The minimum absolute atomic E-state index is 0.110. The van der Waals surface area contributed by atoms with Gasteiger partial charge in [0, 0.05) is 0 Å². The van der Waals surface area contributed by atoms with Crippen molar-refractivity contribution >= 4 is 11.8 Å². The Hall–Kier alpha value is -2.82. The first kappa shape index (κ1) is 16.5. The minimum atomic E-state index is -0.618. The molecular weight excluding hydrogens is 296 g/mol. The predicted octanol–water partition coefficient (Wildman–Crippen LogP) is 3.26. The fourth-order valence-corrected chi connectivity index (χ4v) is 2.20. The van der Waals surface area contributed by atoms with Crippen LogP contribution in [-0.4, -0.2) is 26.0 Å². The van der Waals surface area contributed by atoms with Crippen molar-refractivity contribution in [2.75, 3.05) is 14.2 Å². The van der Waals surface area contributed by atoms with E-state index < -0.39 is 5.97 Å². The molecule has 0 heterocycles. The zero-order valence-electron chi connectivity index (χ0n) is 13.3. The molecule has 0 spiro atoms. The standard InChI is InChI=1S/C18H18O5/c1-12(19)14-9-10-15(16(17(14)21-2)18(20)22-3)23-11-13-7-5-4-6-8-13/h4-10H,11H2,1-3H3. The number of benzene rings is 2. The molecule has 0 saturated carbocycles. The fraction of sp³-hybridized carbons (Fsp3) is 0.222. The summed E-state index contributed by atoms with van der Waals surface area (Å²) in [6.45, 7) is 1.69. The summed E-state index contributed by atoms with van der Waals surface area (Å²) in [4.78, 5) is 23.8. The first-order chi connectivity index (χ1) is 11.1. The number of rotatable bonds is 6. The van der Waals surface area contributed by atoms with Crippen LogP contribution >= 0.6 is 0 Å². The number of ketones is 1. The van der Waals surface area contributed by atoms with E-state index in [1.807, 2.05) is 30.3 Å². The van der Waals surface area contributed by atoms with Crippen LogP contribution in [0.25, 0.3) is 0 Å². The molecule has 120 valence electrons. The highest BCUT2D eigenvalue weighted by Crippen LogP contribution is 2.33. The van der Waals surface area contributed by atoms with Gasteiger partial charge in [-0.2, -0.15) is 0 Å². The summed E-state index contributed by atoms with van der Waals surface area (Å²) >= 11 is 0. The normalized spacial score (nSPS) is 10.0. The maximum Gasteiger partial charge on any atom is 0.345 e. The molecular formula is C18H18O5. The fourth-order valence-electron chi connectivity index (χ4n) is 2.20. The number of hydrogen-bond acceptors (Lipinski definition) is 5. The number of Topliss-reactive ketones (excluding diaryl/α,β-unsaturated/α-hetero) is 1. The third-order valence-electron chi connectivity index (χ3n) is 3.33. The van der Waals surface area contributed by atoms with E-state index in [1.54, 1.807) is 12.1 Å². The van der Waals surface area contributed by atoms with E-state index in [2.05, 4.69) is 0 Å². The van der Waals surface area contributed by atoms with Crippen LogP contribution in [0.4, 0.5) is 0 Å². The van der Waals surface area contributed by atoms with Gasteiger partial charge in [0.1, 0.15) is 23.7 Å². The van der Waals surface area contributed by atoms with Gasteiger partial charge < -0.3 is 14.2 Å². The van der Waals surface area contributed by atoms with E-state index in [4.69, 9.17) is 14.2 Å². The molecule has 0 N–H and O–H groups in total. The van der Waals surface area contributed by atoms with Crippen molar-refractivity contribution in [2.45, 2.75) is 13.5 Å². The maximum atomic E-state index is 12.1. The molecule has 2 rings (SSSR count). The van der Waals surface area contributed by atoms with Gasteiger partial charge in [-0.1, -0.05) is 30.3 Å². The smallest absolute Gasteiger partial charge is 0.345 e. The summed E-state index contributed by atoms with van der Waals surface area (Å²) < 4.78 is 15.8. The van der Waals surface area contributed by atoms with Crippen LogP contribution in [0, 0.1) is 0 Å². The lowest BCUT2D eigenvalue weighted by Crippen LogP contribution is -2.11. The van der Waals surface area contributed by atoms with Crippen LogP contribution in [0.15, 0.2) is 42.5 Å². The van der Waals surface area contributed by atoms with E-state index in [9.17, 15) is 9.59 Å². The van der Waals surface area contributed by atoms with Crippen molar-refractivity contribution in [3.8, 4) is 11.5 Å². The molecule has 2 aromatic carbocycles. The predicted molar refractivity (Wildman–Crippen MR) is 85.1 cm³/mol. The average molecular weight is 314 g/mol. The quantitative estimate of drug-likeness (QED) is 0.605. The van der Waals surface area contributed by atoms with Crippen molar-refractivity contribution in [3.05, 3.63) is 59.2 Å². The molecule has 0 fully saturated rings. The molecule has 0 amide bonds. The zero-order valence-corrected chi connectivity index (χ0v) is 13.3. The molecule has 0 saturated heterocycles. The molecule has 0 atom stereocenters. The summed E-state index contributed by atoms with van der Waals surface area (Å²) in [5.41, 5.74) is 1.37. The van der Waals surface area contributed by atoms with Crippen LogP contribution in [0.2, 0.25) is 0 Å². The Morgan fingerprint density at radius 3 is 2.26 bits per heavy atom. The Labute approximate surface area is 134 Å². The highest BCUT2D eigenvalue weighted by Gasteiger charge is 2.24. The molecule has 5 nitrogen and oxygen atoms in total. The molecule has 0 aromatic heterocycles. The van der Waals surface area contributed by atoms with Gasteiger partial charge in [-0.25, -0.2) is 4.79 Å². The van der Waals surface area contributed by atoms with Crippen LogP contribution in [0.5, 0.6) is 11.5 Å². The Bertz CT molecular complexity index is 707. The zero-order chi connectivity index (χ0) is 16.8. The highest BCUT2D eigenvalue weighted by atomic mass is 16.5. The number of carbonyl (C=O) groups excluding carboxylic acids is 2. The lowest BCUT2D eigenvalue weighted by atomic mass is 10.0. The summed E-state index contributed by atoms with van der Waals surface area (Å²) in [5.74, 6) is -0.355. The van der Waals surface area contributed by atoms with Crippen molar-refractivity contribution in [1.82, 2.24) is 0 Å². The van der Waals surface area contributed by atoms with Gasteiger partial charge in [-0.3, -0.25) is 4.79 Å². The van der Waals surface area contributed by atoms with Crippen molar-refractivity contribution < 1.29 is 23.8 Å². The largest absolute Gasteiger partial charge is 0.495 e. The maximum absolute atomic E-state index is 12.1. The molecule has 0 unspecified atom stereocenters. The SMILES string of the molecule is COC(=O)c1c(OCc2ccccc2)ccc(C(C)=O)c1OC. The molecule has 0 radical (unpaired) electrons. The van der Waals surface area contributed by atoms with Crippen molar-refractivity contribution in [1.29, 1.82) is 0 Å². The lowest BCUT2D eigenvalue weighted by molar-refractivity contribution is 0.0591. The Balaban J connectivity index is 2.42. The monoisotopic (exact) mass is 314 g/mol. The van der Waals surface area contributed by atoms with Gasteiger partial charge in [0.15, 0.2) is 5.78 Å². The number of ether oxygens (including phenoxy) is 3. The first-order valence-corrected chi connectivity index (χ1v) is 7.05. The number of carbonyl (C=O) groups is 2. The van der Waals surface area contributed by atoms with E-state index in [0.29, 0.717) is 11.3 Å². The van der Waals surface area contributed by atoms with Crippen LogP contribution < -0.4 is 9.47 Å². The van der Waals surface area contributed by atoms with Gasteiger partial charge in [0.05, 0.1) is 19.8 Å². The molecule has 0 aliphatic heterocycles. The van der Waals surface area contributed by atoms with E-state index >= 15 is 0 Å². The summed E-state index contributed by atoms with van der Waals surface area (Å²) in [6.07, 6.45) is 0. The molecule has 0 bridgehead atoms. The lowest BCUT2D eigenvalue weighted by Gasteiger charge is -2.15. The van der Waals surface area contributed by atoms with Crippen LogP contribution in [0.3, 0.4) is 0 Å². The van der Waals surface area contributed by atoms with Gasteiger partial charge in [-0.15, -0.1) is 0 Å². The number of esters is 1. The topological polar surface area (TPSA) is 61.8 Å². The van der Waals surface area contributed by atoms with E-state index in [0.717, 1.165) is 5.56 Å². The third-order valence-corrected chi connectivity index (χ3v) is 3.33. The van der Waals surface area contributed by atoms with E-state index in [-0.39, 0.29) is 23.7 Å². The molecule has 2 aromatic rings. The van der Waals surface area contributed by atoms with Crippen LogP contribution in [-0.2, 0) is 11.3 Å². The molecule has 0 aliphatic rings. The van der Waals surface area contributed by atoms with E-state index in [1.165, 1.54) is 21.1 Å². The highest BCUT2D eigenvalue weighted by molar-refractivity contribution is 6.04.